The van der Waals surface area contributed by atoms with E-state index < -0.39 is 0 Å². The molecule has 1 aliphatic rings. The SMILES string of the molecule is CN(CC1CCCN(C(=O)Cc2cncc(O)c2)C1)C(=O)c1cn[nH]c1. The van der Waals surface area contributed by atoms with Crippen molar-refractivity contribution in [2.24, 2.45) is 5.92 Å². The van der Waals surface area contributed by atoms with Gasteiger partial charge in [0.15, 0.2) is 0 Å². The van der Waals surface area contributed by atoms with Gasteiger partial charge in [0.1, 0.15) is 5.75 Å². The largest absolute Gasteiger partial charge is 0.506 e. The van der Waals surface area contributed by atoms with Crippen molar-refractivity contribution in [3.8, 4) is 5.75 Å². The van der Waals surface area contributed by atoms with Gasteiger partial charge in [0.25, 0.3) is 5.91 Å². The van der Waals surface area contributed by atoms with Gasteiger partial charge in [0.05, 0.1) is 24.4 Å². The molecule has 1 saturated heterocycles. The Morgan fingerprint density at radius 2 is 2.23 bits per heavy atom. The van der Waals surface area contributed by atoms with Gasteiger partial charge in [-0.05, 0) is 30.4 Å². The van der Waals surface area contributed by atoms with E-state index in [1.807, 2.05) is 4.90 Å². The summed E-state index contributed by atoms with van der Waals surface area (Å²) in [4.78, 5) is 32.3. The highest BCUT2D eigenvalue weighted by molar-refractivity contribution is 5.93. The molecule has 0 aliphatic carbocycles. The van der Waals surface area contributed by atoms with Crippen LogP contribution < -0.4 is 0 Å². The predicted octanol–water partition coefficient (Wildman–Crippen LogP) is 1.06. The summed E-state index contributed by atoms with van der Waals surface area (Å²) < 4.78 is 0. The predicted molar refractivity (Wildman–Crippen MR) is 94.5 cm³/mol. The van der Waals surface area contributed by atoms with Crippen LogP contribution >= 0.6 is 0 Å². The second kappa shape index (κ2) is 7.99. The van der Waals surface area contributed by atoms with E-state index in [9.17, 15) is 14.7 Å². The maximum absolute atomic E-state index is 12.6. The lowest BCUT2D eigenvalue weighted by Gasteiger charge is -2.34. The molecule has 1 fully saturated rings. The van der Waals surface area contributed by atoms with Crippen molar-refractivity contribution in [3.63, 3.8) is 0 Å². The number of H-pyrrole nitrogens is 1. The Kier molecular flexibility index (Phi) is 5.50. The summed E-state index contributed by atoms with van der Waals surface area (Å²) >= 11 is 0. The molecular formula is C18H23N5O3. The number of aromatic hydroxyl groups is 1. The molecule has 0 bridgehead atoms. The van der Waals surface area contributed by atoms with Gasteiger partial charge in [-0.1, -0.05) is 0 Å². The summed E-state index contributed by atoms with van der Waals surface area (Å²) in [6.07, 6.45) is 8.16. The molecule has 0 radical (unpaired) electrons. The van der Waals surface area contributed by atoms with Crippen molar-refractivity contribution in [1.82, 2.24) is 25.0 Å². The number of amides is 2. The topological polar surface area (TPSA) is 102 Å². The molecule has 8 nitrogen and oxygen atoms in total. The molecular weight excluding hydrogens is 334 g/mol. The van der Waals surface area contributed by atoms with E-state index in [0.29, 0.717) is 24.2 Å². The van der Waals surface area contributed by atoms with Gasteiger partial charge in [-0.2, -0.15) is 5.10 Å². The number of carbonyl (C=O) groups excluding carboxylic acids is 2. The Bertz CT molecular complexity index is 762. The van der Waals surface area contributed by atoms with E-state index in [4.69, 9.17) is 0 Å². The highest BCUT2D eigenvalue weighted by Crippen LogP contribution is 2.19. The summed E-state index contributed by atoms with van der Waals surface area (Å²) in [5.41, 5.74) is 1.23. The van der Waals surface area contributed by atoms with E-state index in [0.717, 1.165) is 19.4 Å². The van der Waals surface area contributed by atoms with Crippen LogP contribution in [0.5, 0.6) is 5.75 Å². The molecule has 1 unspecified atom stereocenters. The van der Waals surface area contributed by atoms with E-state index in [1.54, 1.807) is 30.4 Å². The Labute approximate surface area is 151 Å². The van der Waals surface area contributed by atoms with E-state index in [-0.39, 0.29) is 29.9 Å². The minimum Gasteiger partial charge on any atom is -0.506 e. The number of hydrogen-bond donors (Lipinski definition) is 2. The molecule has 2 N–H and O–H groups in total. The third kappa shape index (κ3) is 4.38. The van der Waals surface area contributed by atoms with Crippen molar-refractivity contribution in [2.45, 2.75) is 19.3 Å². The highest BCUT2D eigenvalue weighted by Gasteiger charge is 2.26. The zero-order valence-corrected chi connectivity index (χ0v) is 14.8. The first kappa shape index (κ1) is 17.9. The van der Waals surface area contributed by atoms with Crippen LogP contribution in [0.4, 0.5) is 0 Å². The maximum atomic E-state index is 12.6. The van der Waals surface area contributed by atoms with Crippen LogP contribution in [0.1, 0.15) is 28.8 Å². The number of rotatable bonds is 5. The van der Waals surface area contributed by atoms with Gasteiger partial charge in [0.2, 0.25) is 5.91 Å². The van der Waals surface area contributed by atoms with E-state index in [2.05, 4.69) is 15.2 Å². The average Bonchev–Trinajstić information content (AvgIpc) is 3.16. The number of nitrogens with one attached hydrogen (secondary N) is 1. The summed E-state index contributed by atoms with van der Waals surface area (Å²) in [6, 6.07) is 1.56. The van der Waals surface area contributed by atoms with Crippen LogP contribution in [0.2, 0.25) is 0 Å². The van der Waals surface area contributed by atoms with Gasteiger partial charge in [-0.15, -0.1) is 0 Å². The summed E-state index contributed by atoms with van der Waals surface area (Å²) in [7, 11) is 1.77. The lowest BCUT2D eigenvalue weighted by Crippen LogP contribution is -2.44. The van der Waals surface area contributed by atoms with Crippen molar-refractivity contribution >= 4 is 11.8 Å². The zero-order valence-electron chi connectivity index (χ0n) is 14.8. The fourth-order valence-electron chi connectivity index (χ4n) is 3.36. The second-order valence-electron chi connectivity index (χ2n) is 6.75. The third-order valence-corrected chi connectivity index (χ3v) is 4.63. The number of nitrogens with zero attached hydrogens (tertiary/aromatic N) is 4. The number of likely N-dealkylation sites (tertiary alicyclic amines) is 1. The monoisotopic (exact) mass is 357 g/mol. The van der Waals surface area contributed by atoms with Crippen molar-refractivity contribution in [2.75, 3.05) is 26.7 Å². The Morgan fingerprint density at radius 1 is 1.38 bits per heavy atom. The van der Waals surface area contributed by atoms with Crippen LogP contribution in [0.15, 0.2) is 30.9 Å². The quantitative estimate of drug-likeness (QED) is 0.833. The fourth-order valence-corrected chi connectivity index (χ4v) is 3.36. The second-order valence-corrected chi connectivity index (χ2v) is 6.75. The molecule has 0 spiro atoms. The Morgan fingerprint density at radius 3 is 2.96 bits per heavy atom. The van der Waals surface area contributed by atoms with Gasteiger partial charge in [-0.3, -0.25) is 19.7 Å². The first-order chi connectivity index (χ1) is 12.5. The molecule has 2 aromatic heterocycles. The van der Waals surface area contributed by atoms with Crippen LogP contribution in [0.3, 0.4) is 0 Å². The molecule has 2 aromatic rings. The van der Waals surface area contributed by atoms with E-state index in [1.165, 1.54) is 12.4 Å². The number of pyridine rings is 1. The molecule has 26 heavy (non-hydrogen) atoms. The van der Waals surface area contributed by atoms with Crippen LogP contribution in [-0.4, -0.2) is 68.6 Å². The van der Waals surface area contributed by atoms with Gasteiger partial charge in [0, 0.05) is 39.1 Å². The number of hydrogen-bond acceptors (Lipinski definition) is 5. The third-order valence-electron chi connectivity index (χ3n) is 4.63. The maximum Gasteiger partial charge on any atom is 0.256 e. The molecule has 0 aromatic carbocycles. The first-order valence-corrected chi connectivity index (χ1v) is 8.68. The molecule has 1 atom stereocenters. The van der Waals surface area contributed by atoms with Crippen LogP contribution in [-0.2, 0) is 11.2 Å². The molecule has 0 saturated carbocycles. The summed E-state index contributed by atoms with van der Waals surface area (Å²) in [6.45, 7) is 1.95. The van der Waals surface area contributed by atoms with Gasteiger partial charge in [-0.25, -0.2) is 0 Å². The number of aromatic nitrogens is 3. The Hall–Kier alpha value is -2.90. The highest BCUT2D eigenvalue weighted by atomic mass is 16.3. The smallest absolute Gasteiger partial charge is 0.256 e. The summed E-state index contributed by atoms with van der Waals surface area (Å²) in [5.74, 6) is 0.251. The van der Waals surface area contributed by atoms with E-state index >= 15 is 0 Å². The van der Waals surface area contributed by atoms with Crippen LogP contribution in [0.25, 0.3) is 0 Å². The minimum atomic E-state index is -0.0759. The molecule has 138 valence electrons. The number of piperidine rings is 1. The fraction of sp³-hybridized carbons (Fsp3) is 0.444. The lowest BCUT2D eigenvalue weighted by atomic mass is 9.96. The standard InChI is InChI=1S/C18H23N5O3/c1-22(18(26)15-8-20-21-9-15)11-13-3-2-4-23(12-13)17(25)6-14-5-16(24)10-19-7-14/h5,7-10,13,24H,2-4,6,11-12H2,1H3,(H,20,21). The number of aromatic amines is 1. The molecule has 3 rings (SSSR count). The zero-order chi connectivity index (χ0) is 18.5. The normalized spacial score (nSPS) is 17.1. The molecule has 1 aliphatic heterocycles. The Balaban J connectivity index is 1.55. The van der Waals surface area contributed by atoms with Crippen molar-refractivity contribution in [3.05, 3.63) is 42.0 Å². The average molecular weight is 357 g/mol. The lowest BCUT2D eigenvalue weighted by molar-refractivity contribution is -0.132. The van der Waals surface area contributed by atoms with Crippen molar-refractivity contribution in [1.29, 1.82) is 0 Å². The molecule has 2 amide bonds. The van der Waals surface area contributed by atoms with Gasteiger partial charge >= 0.3 is 0 Å². The van der Waals surface area contributed by atoms with Crippen molar-refractivity contribution < 1.29 is 14.7 Å². The van der Waals surface area contributed by atoms with Crippen LogP contribution in [0, 0.1) is 5.92 Å². The summed E-state index contributed by atoms with van der Waals surface area (Å²) in [5, 5.41) is 15.9. The minimum absolute atomic E-state index is 0.0194. The molecule has 8 heteroatoms. The first-order valence-electron chi connectivity index (χ1n) is 8.68. The number of carbonyl (C=O) groups is 2. The molecule has 3 heterocycles. The van der Waals surface area contributed by atoms with Gasteiger partial charge < -0.3 is 14.9 Å².